The normalized spacial score (nSPS) is 16.6. The van der Waals surface area contributed by atoms with Crippen molar-refractivity contribution in [2.75, 3.05) is 18.0 Å². The third-order valence-corrected chi connectivity index (χ3v) is 9.40. The summed E-state index contributed by atoms with van der Waals surface area (Å²) >= 11 is 0. The summed E-state index contributed by atoms with van der Waals surface area (Å²) in [6.07, 6.45) is 0.269. The van der Waals surface area contributed by atoms with E-state index >= 15 is 0 Å². The average Bonchev–Trinajstić information content (AvgIpc) is 2.96. The molecule has 3 atom stereocenters. The van der Waals surface area contributed by atoms with E-state index in [4.69, 9.17) is 9.47 Å². The molecule has 1 aromatic carbocycles. The van der Waals surface area contributed by atoms with Gasteiger partial charge in [0.15, 0.2) is 0 Å². The van der Waals surface area contributed by atoms with Gasteiger partial charge in [-0.1, -0.05) is 0 Å². The third-order valence-electron chi connectivity index (χ3n) is 7.17. The van der Waals surface area contributed by atoms with Crippen LogP contribution in [0.1, 0.15) is 65.5 Å². The molecular weight excluding hydrogens is 620 g/mol. The highest BCUT2D eigenvalue weighted by Gasteiger charge is 2.36. The Morgan fingerprint density at radius 3 is 2.17 bits per heavy atom. The van der Waals surface area contributed by atoms with E-state index in [0.717, 1.165) is 10.6 Å². The minimum Gasteiger partial charge on any atom is -0.462 e. The van der Waals surface area contributed by atoms with Gasteiger partial charge in [0.25, 0.3) is 13.2 Å². The van der Waals surface area contributed by atoms with Crippen LogP contribution in [0, 0.1) is 17.1 Å². The molecule has 252 valence electrons. The second kappa shape index (κ2) is 15.6. The fourth-order valence-electron chi connectivity index (χ4n) is 5.02. The highest BCUT2D eigenvalue weighted by Crippen LogP contribution is 2.35. The Balaban J connectivity index is 1.95. The monoisotopic (exact) mass is 663 g/mol. The molecule has 0 saturated carbocycles. The van der Waals surface area contributed by atoms with E-state index in [1.54, 1.807) is 32.6 Å². The summed E-state index contributed by atoms with van der Waals surface area (Å²) in [7, 11) is -2.59. The number of anilines is 1. The van der Waals surface area contributed by atoms with Crippen molar-refractivity contribution in [1.82, 2.24) is 24.4 Å². The number of nitrogens with one attached hydrogen (secondary N) is 3. The largest absolute Gasteiger partial charge is 0.462 e. The molecule has 0 aliphatic carbocycles. The van der Waals surface area contributed by atoms with Gasteiger partial charge in [0, 0.05) is 32.2 Å². The van der Waals surface area contributed by atoms with Crippen molar-refractivity contribution in [2.45, 2.75) is 91.3 Å². The number of hydrogen-bond donors (Lipinski definition) is 3. The maximum absolute atomic E-state index is 14.3. The van der Waals surface area contributed by atoms with Crippen LogP contribution in [0.25, 0.3) is 0 Å². The van der Waals surface area contributed by atoms with Gasteiger partial charge in [0.2, 0.25) is 0 Å². The Hall–Kier alpha value is -3.83. The number of halogens is 1. The standard InChI is InChI=1S/C30H43FN7O7P/c1-18(2)44-28(40)20(5)33-46(43,34-21(6)29(41)45-19(3)4)35-25-9-8-12-37(17-25)26-14-27(39)36(7)30(42)38(26)16-23-13-24(31)11-10-22(23)15-32/h10-11,13-14,18-21,25H,8-9,12,16-17H2,1-7H3,(H3,33,34,35,43)/t20-,21-,25+/m0/s1. The number of aromatic nitrogens is 2. The number of esters is 2. The SMILES string of the molecule is CC(C)OC(=O)[C@H](C)NP(=O)(N[C@@H]1CCCN(c2cc(=O)n(C)c(=O)n2Cc2cc(F)ccc2C#N)C1)N[C@@H](C)C(=O)OC(C)C. The fourth-order valence-corrected chi connectivity index (χ4v) is 7.27. The van der Waals surface area contributed by atoms with Crippen molar-refractivity contribution >= 4 is 25.4 Å². The van der Waals surface area contributed by atoms with Gasteiger partial charge in [0.1, 0.15) is 23.7 Å². The molecule has 3 rings (SSSR count). The van der Waals surface area contributed by atoms with E-state index in [0.29, 0.717) is 19.4 Å². The lowest BCUT2D eigenvalue weighted by Crippen LogP contribution is -2.53. The molecule has 0 spiro atoms. The van der Waals surface area contributed by atoms with Gasteiger partial charge in [-0.15, -0.1) is 0 Å². The first-order valence-electron chi connectivity index (χ1n) is 15.1. The lowest BCUT2D eigenvalue weighted by atomic mass is 10.1. The molecule has 1 aromatic heterocycles. The van der Waals surface area contributed by atoms with Gasteiger partial charge >= 0.3 is 17.6 Å². The molecule has 16 heteroatoms. The van der Waals surface area contributed by atoms with Gasteiger partial charge in [-0.05, 0) is 78.1 Å². The number of carbonyl (C=O) groups excluding carboxylic acids is 2. The maximum Gasteiger partial charge on any atom is 0.332 e. The number of nitrogens with zero attached hydrogens (tertiary/aromatic N) is 4. The fraction of sp³-hybridized carbons (Fsp3) is 0.567. The number of nitriles is 1. The highest BCUT2D eigenvalue weighted by atomic mass is 31.2. The quantitative estimate of drug-likeness (QED) is 0.211. The van der Waals surface area contributed by atoms with E-state index in [-0.39, 0.29) is 30.0 Å². The lowest BCUT2D eigenvalue weighted by Gasteiger charge is -2.38. The zero-order valence-corrected chi connectivity index (χ0v) is 28.1. The summed E-state index contributed by atoms with van der Waals surface area (Å²) in [4.78, 5) is 53.1. The second-order valence-corrected chi connectivity index (χ2v) is 13.9. The molecule has 1 aliphatic rings. The molecule has 0 unspecified atom stereocenters. The summed E-state index contributed by atoms with van der Waals surface area (Å²) in [6.45, 7) is 10.2. The number of piperidine rings is 1. The first kappa shape index (κ1) is 36.6. The minimum atomic E-state index is -3.91. The predicted octanol–water partition coefficient (Wildman–Crippen LogP) is 2.13. The van der Waals surface area contributed by atoms with Crippen molar-refractivity contribution in [3.05, 3.63) is 62.0 Å². The molecule has 14 nitrogen and oxygen atoms in total. The smallest absolute Gasteiger partial charge is 0.332 e. The van der Waals surface area contributed by atoms with Gasteiger partial charge in [-0.25, -0.2) is 24.4 Å². The number of carbonyl (C=O) groups is 2. The maximum atomic E-state index is 14.3. The number of benzene rings is 1. The molecule has 46 heavy (non-hydrogen) atoms. The number of rotatable bonds is 13. The van der Waals surface area contributed by atoms with E-state index in [1.807, 2.05) is 6.07 Å². The molecule has 2 heterocycles. The van der Waals surface area contributed by atoms with Crippen LogP contribution in [0.2, 0.25) is 0 Å². The van der Waals surface area contributed by atoms with Crippen molar-refractivity contribution < 1.29 is 28.0 Å². The molecule has 3 N–H and O–H groups in total. The molecule has 0 radical (unpaired) electrons. The van der Waals surface area contributed by atoms with Crippen LogP contribution in [0.3, 0.4) is 0 Å². The van der Waals surface area contributed by atoms with E-state index in [9.17, 15) is 33.4 Å². The third kappa shape index (κ3) is 9.59. The van der Waals surface area contributed by atoms with Crippen LogP contribution < -0.4 is 31.4 Å². The summed E-state index contributed by atoms with van der Waals surface area (Å²) in [6, 6.07) is 4.38. The Kier molecular flexibility index (Phi) is 12.5. The topological polar surface area (TPSA) is 177 Å². The molecule has 1 aliphatic heterocycles. The van der Waals surface area contributed by atoms with Crippen LogP contribution >= 0.6 is 7.59 Å². The Morgan fingerprint density at radius 1 is 1.04 bits per heavy atom. The minimum absolute atomic E-state index is 0.170. The van der Waals surface area contributed by atoms with E-state index < -0.39 is 66.9 Å². The molecule has 1 fully saturated rings. The van der Waals surface area contributed by atoms with Crippen LogP contribution in [0.15, 0.2) is 33.9 Å². The Labute approximate surface area is 267 Å². The number of hydrogen-bond acceptors (Lipinski definition) is 9. The average molecular weight is 664 g/mol. The van der Waals surface area contributed by atoms with Gasteiger partial charge in [-0.3, -0.25) is 28.1 Å². The second-order valence-electron chi connectivity index (χ2n) is 11.9. The van der Waals surface area contributed by atoms with Crippen LogP contribution in [-0.4, -0.2) is 64.5 Å². The zero-order chi connectivity index (χ0) is 34.3. The first-order valence-corrected chi connectivity index (χ1v) is 16.8. The summed E-state index contributed by atoms with van der Waals surface area (Å²) in [5.41, 5.74) is -0.775. The van der Waals surface area contributed by atoms with Crippen LogP contribution in [0.4, 0.5) is 10.2 Å². The van der Waals surface area contributed by atoms with Crippen molar-refractivity contribution in [3.8, 4) is 6.07 Å². The Morgan fingerprint density at radius 2 is 1.63 bits per heavy atom. The predicted molar refractivity (Wildman–Crippen MR) is 170 cm³/mol. The van der Waals surface area contributed by atoms with Crippen LogP contribution in [-0.2, 0) is 37.2 Å². The molecule has 2 aromatic rings. The first-order chi connectivity index (χ1) is 21.5. The lowest BCUT2D eigenvalue weighted by molar-refractivity contribution is -0.149. The summed E-state index contributed by atoms with van der Waals surface area (Å²) in [5.74, 6) is -1.62. The van der Waals surface area contributed by atoms with Gasteiger partial charge < -0.3 is 14.4 Å². The van der Waals surface area contributed by atoms with Gasteiger partial charge in [0.05, 0.1) is 30.4 Å². The van der Waals surface area contributed by atoms with Crippen molar-refractivity contribution in [1.29, 1.82) is 5.26 Å². The van der Waals surface area contributed by atoms with E-state index in [2.05, 4.69) is 15.3 Å². The van der Waals surface area contributed by atoms with Gasteiger partial charge in [-0.2, -0.15) is 5.26 Å². The molecule has 1 saturated heterocycles. The van der Waals surface area contributed by atoms with Crippen LogP contribution in [0.5, 0.6) is 0 Å². The summed E-state index contributed by atoms with van der Waals surface area (Å²) < 4.78 is 41.2. The zero-order valence-electron chi connectivity index (χ0n) is 27.2. The number of ether oxygens (including phenoxy) is 2. The van der Waals surface area contributed by atoms with Crippen molar-refractivity contribution in [3.63, 3.8) is 0 Å². The Bertz CT molecular complexity index is 1600. The molecular formula is C30H43FN7O7P. The van der Waals surface area contributed by atoms with E-state index in [1.165, 1.54) is 43.7 Å². The molecule has 0 amide bonds. The van der Waals surface area contributed by atoms with Crippen molar-refractivity contribution in [2.24, 2.45) is 7.05 Å². The molecule has 0 bridgehead atoms. The summed E-state index contributed by atoms with van der Waals surface area (Å²) in [5, 5.41) is 18.2. The highest BCUT2D eigenvalue weighted by molar-refractivity contribution is 7.57.